The molecule has 1 aliphatic rings. The summed E-state index contributed by atoms with van der Waals surface area (Å²) < 4.78 is 2.59. The number of hydrogen-bond donors (Lipinski definition) is 1. The van der Waals surface area contributed by atoms with Crippen LogP contribution in [0.5, 0.6) is 0 Å². The molecule has 1 N–H and O–H groups in total. The minimum absolute atomic E-state index is 0.0929. The molecular formula is C25H30N4O3. The number of benzene rings is 2. The van der Waals surface area contributed by atoms with Crippen molar-refractivity contribution < 1.29 is 4.79 Å². The first-order chi connectivity index (χ1) is 15.5. The Bertz CT molecular complexity index is 1240. The number of rotatable bonds is 6. The summed E-state index contributed by atoms with van der Waals surface area (Å²) in [6.45, 7) is 6.79. The maximum atomic E-state index is 12.8. The average Bonchev–Trinajstić information content (AvgIpc) is 2.78. The van der Waals surface area contributed by atoms with E-state index in [4.69, 9.17) is 0 Å². The van der Waals surface area contributed by atoms with Gasteiger partial charge in [0.2, 0.25) is 5.91 Å². The van der Waals surface area contributed by atoms with Crippen molar-refractivity contribution >= 4 is 16.8 Å². The third kappa shape index (κ3) is 4.67. The Balaban J connectivity index is 1.40. The standard InChI is InChI=1S/C25H30N4O3/c1-3-28-24(31)21-9-4-5-10-22(21)29(25(28)32)17-23(30)26-20-11-13-27(14-12-20)16-19-8-6-7-18(2)15-19/h4-10,15,20H,3,11-14,16-17H2,1-2H3,(H,26,30). The lowest BCUT2D eigenvalue weighted by Gasteiger charge is -2.32. The van der Waals surface area contributed by atoms with Gasteiger partial charge in [0.1, 0.15) is 6.54 Å². The molecule has 32 heavy (non-hydrogen) atoms. The van der Waals surface area contributed by atoms with Crippen LogP contribution < -0.4 is 16.6 Å². The van der Waals surface area contributed by atoms with Crippen molar-refractivity contribution in [1.29, 1.82) is 0 Å². The summed E-state index contributed by atoms with van der Waals surface area (Å²) in [7, 11) is 0. The molecule has 0 bridgehead atoms. The van der Waals surface area contributed by atoms with Crippen molar-refractivity contribution in [3.63, 3.8) is 0 Å². The maximum absolute atomic E-state index is 12.8. The molecule has 3 aromatic rings. The van der Waals surface area contributed by atoms with Gasteiger partial charge in [0, 0.05) is 32.2 Å². The number of carbonyl (C=O) groups excluding carboxylic acids is 1. The molecule has 0 radical (unpaired) electrons. The lowest BCUT2D eigenvalue weighted by atomic mass is 10.0. The number of likely N-dealkylation sites (tertiary alicyclic amines) is 1. The summed E-state index contributed by atoms with van der Waals surface area (Å²) in [5, 5.41) is 3.54. The van der Waals surface area contributed by atoms with Crippen molar-refractivity contribution in [2.24, 2.45) is 0 Å². The van der Waals surface area contributed by atoms with Crippen LogP contribution in [0.4, 0.5) is 0 Å². The van der Waals surface area contributed by atoms with E-state index in [2.05, 4.69) is 41.4 Å². The van der Waals surface area contributed by atoms with Gasteiger partial charge < -0.3 is 5.32 Å². The van der Waals surface area contributed by atoms with Crippen LogP contribution in [0.1, 0.15) is 30.9 Å². The van der Waals surface area contributed by atoms with E-state index < -0.39 is 5.69 Å². The van der Waals surface area contributed by atoms with Gasteiger partial charge in [-0.2, -0.15) is 0 Å². The fraction of sp³-hybridized carbons (Fsp3) is 0.400. The number of nitrogens with zero attached hydrogens (tertiary/aromatic N) is 3. The van der Waals surface area contributed by atoms with Crippen LogP contribution in [0.3, 0.4) is 0 Å². The molecule has 0 unspecified atom stereocenters. The van der Waals surface area contributed by atoms with Crippen LogP contribution in [0.2, 0.25) is 0 Å². The molecule has 2 aromatic carbocycles. The molecule has 0 atom stereocenters. The Morgan fingerprint density at radius 1 is 1.03 bits per heavy atom. The van der Waals surface area contributed by atoms with Crippen LogP contribution in [0.15, 0.2) is 58.1 Å². The normalized spacial score (nSPS) is 15.2. The molecule has 0 spiro atoms. The van der Waals surface area contributed by atoms with E-state index in [1.807, 2.05) is 0 Å². The van der Waals surface area contributed by atoms with Crippen molar-refractivity contribution in [3.8, 4) is 0 Å². The number of para-hydroxylation sites is 1. The second-order valence-corrected chi connectivity index (χ2v) is 8.54. The Hall–Kier alpha value is -3.19. The van der Waals surface area contributed by atoms with Crippen molar-refractivity contribution in [2.75, 3.05) is 13.1 Å². The van der Waals surface area contributed by atoms with Gasteiger partial charge in [0.05, 0.1) is 10.9 Å². The van der Waals surface area contributed by atoms with E-state index in [1.165, 1.54) is 20.3 Å². The highest BCUT2D eigenvalue weighted by Crippen LogP contribution is 2.15. The monoisotopic (exact) mass is 434 g/mol. The van der Waals surface area contributed by atoms with Gasteiger partial charge in [-0.25, -0.2) is 4.79 Å². The van der Waals surface area contributed by atoms with E-state index in [1.54, 1.807) is 31.2 Å². The van der Waals surface area contributed by atoms with Crippen LogP contribution in [-0.2, 0) is 24.4 Å². The minimum atomic E-state index is -0.445. The third-order valence-corrected chi connectivity index (χ3v) is 6.19. The summed E-state index contributed by atoms with van der Waals surface area (Å²) >= 11 is 0. The second-order valence-electron chi connectivity index (χ2n) is 8.54. The highest BCUT2D eigenvalue weighted by Gasteiger charge is 2.22. The Kier molecular flexibility index (Phi) is 6.55. The number of aromatic nitrogens is 2. The molecule has 2 heterocycles. The van der Waals surface area contributed by atoms with Gasteiger partial charge >= 0.3 is 5.69 Å². The van der Waals surface area contributed by atoms with Gasteiger partial charge in [-0.15, -0.1) is 0 Å². The highest BCUT2D eigenvalue weighted by molar-refractivity contribution is 5.81. The Morgan fingerprint density at radius 2 is 1.78 bits per heavy atom. The molecule has 7 heteroatoms. The molecule has 1 fully saturated rings. The maximum Gasteiger partial charge on any atom is 0.331 e. The highest BCUT2D eigenvalue weighted by atomic mass is 16.2. The van der Waals surface area contributed by atoms with E-state index in [0.29, 0.717) is 10.9 Å². The summed E-state index contributed by atoms with van der Waals surface area (Å²) in [6, 6.07) is 15.6. The van der Waals surface area contributed by atoms with Crippen LogP contribution in [0.25, 0.3) is 10.9 Å². The number of amides is 1. The molecule has 7 nitrogen and oxygen atoms in total. The zero-order valence-electron chi connectivity index (χ0n) is 18.7. The number of carbonyl (C=O) groups is 1. The minimum Gasteiger partial charge on any atom is -0.352 e. The fourth-order valence-corrected chi connectivity index (χ4v) is 4.52. The van der Waals surface area contributed by atoms with E-state index in [-0.39, 0.29) is 30.6 Å². The summed E-state index contributed by atoms with van der Waals surface area (Å²) in [6.07, 6.45) is 1.75. The van der Waals surface area contributed by atoms with Crippen LogP contribution >= 0.6 is 0 Å². The topological polar surface area (TPSA) is 76.3 Å². The molecule has 168 valence electrons. The van der Waals surface area contributed by atoms with Crippen LogP contribution in [0, 0.1) is 6.92 Å². The van der Waals surface area contributed by atoms with Gasteiger partial charge in [0.25, 0.3) is 5.56 Å². The number of hydrogen-bond acceptors (Lipinski definition) is 4. The number of aryl methyl sites for hydroxylation is 1. The zero-order chi connectivity index (χ0) is 22.7. The number of fused-ring (bicyclic) bond motifs is 1. The molecule has 1 saturated heterocycles. The SMILES string of the molecule is CCn1c(=O)c2ccccc2n(CC(=O)NC2CCN(Cc3cccc(C)c3)CC2)c1=O. The third-order valence-electron chi connectivity index (χ3n) is 6.19. The quantitative estimate of drug-likeness (QED) is 0.646. The Labute approximate surface area is 187 Å². The van der Waals surface area contributed by atoms with E-state index >= 15 is 0 Å². The molecule has 1 aliphatic heterocycles. The molecule has 4 rings (SSSR count). The van der Waals surface area contributed by atoms with Gasteiger partial charge in [-0.3, -0.25) is 23.6 Å². The summed E-state index contributed by atoms with van der Waals surface area (Å²) in [5.41, 5.74) is 2.31. The van der Waals surface area contributed by atoms with Crippen molar-refractivity contribution in [3.05, 3.63) is 80.5 Å². The second kappa shape index (κ2) is 9.53. The van der Waals surface area contributed by atoms with E-state index in [0.717, 1.165) is 32.5 Å². The number of nitrogens with one attached hydrogen (secondary N) is 1. The molecule has 1 amide bonds. The predicted octanol–water partition coefficient (Wildman–Crippen LogP) is 2.27. The summed E-state index contributed by atoms with van der Waals surface area (Å²) in [5.74, 6) is -0.198. The lowest BCUT2D eigenvalue weighted by Crippen LogP contribution is -2.47. The van der Waals surface area contributed by atoms with Crippen molar-refractivity contribution in [1.82, 2.24) is 19.4 Å². The largest absolute Gasteiger partial charge is 0.352 e. The van der Waals surface area contributed by atoms with Crippen LogP contribution in [-0.4, -0.2) is 39.1 Å². The van der Waals surface area contributed by atoms with Crippen molar-refractivity contribution in [2.45, 2.75) is 52.4 Å². The first-order valence-electron chi connectivity index (χ1n) is 11.3. The zero-order valence-corrected chi connectivity index (χ0v) is 18.7. The summed E-state index contributed by atoms with van der Waals surface area (Å²) in [4.78, 5) is 40.6. The van der Waals surface area contributed by atoms with E-state index in [9.17, 15) is 14.4 Å². The fourth-order valence-electron chi connectivity index (χ4n) is 4.52. The van der Waals surface area contributed by atoms with Gasteiger partial charge in [-0.05, 0) is 44.4 Å². The first-order valence-corrected chi connectivity index (χ1v) is 11.3. The lowest BCUT2D eigenvalue weighted by molar-refractivity contribution is -0.122. The van der Waals surface area contributed by atoms with Gasteiger partial charge in [-0.1, -0.05) is 42.0 Å². The predicted molar refractivity (Wildman–Crippen MR) is 126 cm³/mol. The Morgan fingerprint density at radius 3 is 2.50 bits per heavy atom. The molecule has 0 aliphatic carbocycles. The molecule has 0 saturated carbocycles. The smallest absolute Gasteiger partial charge is 0.331 e. The molecule has 1 aromatic heterocycles. The molecular weight excluding hydrogens is 404 g/mol. The number of piperidine rings is 1. The average molecular weight is 435 g/mol. The van der Waals surface area contributed by atoms with Gasteiger partial charge in [0.15, 0.2) is 0 Å². The first kappa shape index (κ1) is 22.0.